The van der Waals surface area contributed by atoms with Gasteiger partial charge in [0.15, 0.2) is 5.65 Å². The van der Waals surface area contributed by atoms with Crippen LogP contribution in [0.5, 0.6) is 0 Å². The maximum absolute atomic E-state index is 11.2. The molecule has 3 heterocycles. The van der Waals surface area contributed by atoms with Gasteiger partial charge in [-0.05, 0) is 55.4 Å². The van der Waals surface area contributed by atoms with Crippen molar-refractivity contribution in [1.29, 1.82) is 0 Å². The summed E-state index contributed by atoms with van der Waals surface area (Å²) < 4.78 is 1.99. The molecule has 9 heteroatoms. The maximum Gasteiger partial charge on any atom is 0.221 e. The summed E-state index contributed by atoms with van der Waals surface area (Å²) in [6, 6.07) is 8.08. The number of nitrogens with one attached hydrogen (secondary N) is 1. The van der Waals surface area contributed by atoms with Crippen LogP contribution in [0, 0.1) is 5.41 Å². The van der Waals surface area contributed by atoms with Gasteiger partial charge >= 0.3 is 0 Å². The highest BCUT2D eigenvalue weighted by atomic mass is 32.2. The minimum Gasteiger partial charge on any atom is -0.342 e. The molecule has 1 spiro atoms. The van der Waals surface area contributed by atoms with E-state index in [1.54, 1.807) is 18.1 Å². The van der Waals surface area contributed by atoms with Crippen molar-refractivity contribution in [3.05, 3.63) is 36.8 Å². The molecular weight excluding hydrogens is 410 g/mol. The number of aromatic nitrogens is 4. The largest absolute Gasteiger partial charge is 0.342 e. The lowest BCUT2D eigenvalue weighted by molar-refractivity contribution is -0.114. The molecule has 8 nitrogen and oxygen atoms in total. The Balaban J connectivity index is 1.34. The number of hydrogen-bond donors (Lipinski definition) is 2. The number of nitrogens with two attached hydrogens (primary N) is 1. The standard InChI is InChI=1S/C22H27N7OS/c1-15(30)26-16-4-6-17(7-5-16)31-18-13-24-21(29-14-25-27-20(18)29)28-11-9-22(10-12-28)8-2-3-19(22)23/h4-7,13-14,19H,2-3,8-12,23H2,1H3,(H,26,30). The van der Waals surface area contributed by atoms with Crippen LogP contribution in [0.1, 0.15) is 39.0 Å². The third-order valence-electron chi connectivity index (χ3n) is 6.70. The lowest BCUT2D eigenvalue weighted by atomic mass is 9.74. The van der Waals surface area contributed by atoms with Crippen molar-refractivity contribution in [2.24, 2.45) is 11.1 Å². The molecule has 5 rings (SSSR count). The van der Waals surface area contributed by atoms with E-state index in [1.807, 2.05) is 34.9 Å². The third kappa shape index (κ3) is 3.87. The minimum atomic E-state index is -0.0797. The van der Waals surface area contributed by atoms with Crippen molar-refractivity contribution in [3.63, 3.8) is 0 Å². The third-order valence-corrected chi connectivity index (χ3v) is 7.72. The molecule has 1 saturated heterocycles. The zero-order valence-corrected chi connectivity index (χ0v) is 18.4. The average Bonchev–Trinajstić information content (AvgIpc) is 3.38. The quantitative estimate of drug-likeness (QED) is 0.645. The van der Waals surface area contributed by atoms with E-state index in [9.17, 15) is 4.79 Å². The highest BCUT2D eigenvalue weighted by molar-refractivity contribution is 7.99. The van der Waals surface area contributed by atoms with Crippen molar-refractivity contribution in [1.82, 2.24) is 19.6 Å². The fraction of sp³-hybridized carbons (Fsp3) is 0.455. The van der Waals surface area contributed by atoms with Gasteiger partial charge in [0.25, 0.3) is 0 Å². The molecule has 2 aliphatic rings. The van der Waals surface area contributed by atoms with Crippen LogP contribution in [0.2, 0.25) is 0 Å². The second-order valence-electron chi connectivity index (χ2n) is 8.60. The van der Waals surface area contributed by atoms with Crippen LogP contribution in [0.3, 0.4) is 0 Å². The zero-order chi connectivity index (χ0) is 21.4. The molecule has 2 fully saturated rings. The molecule has 31 heavy (non-hydrogen) atoms. The summed E-state index contributed by atoms with van der Waals surface area (Å²) in [4.78, 5) is 20.3. The van der Waals surface area contributed by atoms with Crippen LogP contribution in [0.25, 0.3) is 5.65 Å². The van der Waals surface area contributed by atoms with E-state index >= 15 is 0 Å². The summed E-state index contributed by atoms with van der Waals surface area (Å²) in [6.45, 7) is 3.43. The molecule has 1 aromatic carbocycles. The molecule has 0 radical (unpaired) electrons. The normalized spacial score (nSPS) is 20.5. The molecule has 1 atom stereocenters. The summed E-state index contributed by atoms with van der Waals surface area (Å²) >= 11 is 1.59. The van der Waals surface area contributed by atoms with Gasteiger partial charge < -0.3 is 16.0 Å². The highest BCUT2D eigenvalue weighted by Gasteiger charge is 2.43. The molecule has 1 saturated carbocycles. The number of amides is 1. The number of carbonyl (C=O) groups is 1. The second-order valence-corrected chi connectivity index (χ2v) is 9.72. The number of benzene rings is 1. The van der Waals surface area contributed by atoms with Crippen LogP contribution in [-0.2, 0) is 4.79 Å². The molecular formula is C22H27N7OS. The average molecular weight is 438 g/mol. The molecule has 162 valence electrons. The van der Waals surface area contributed by atoms with E-state index < -0.39 is 0 Å². The van der Waals surface area contributed by atoms with Crippen LogP contribution >= 0.6 is 11.8 Å². The Morgan fingerprint density at radius 2 is 2.00 bits per heavy atom. The van der Waals surface area contributed by atoms with Crippen molar-refractivity contribution >= 4 is 35.0 Å². The zero-order valence-electron chi connectivity index (χ0n) is 17.6. The predicted molar refractivity (Wildman–Crippen MR) is 121 cm³/mol. The summed E-state index contributed by atoms with van der Waals surface area (Å²) in [6.07, 6.45) is 9.55. The first kappa shape index (κ1) is 20.3. The lowest BCUT2D eigenvalue weighted by Crippen LogP contribution is -2.47. The van der Waals surface area contributed by atoms with Gasteiger partial charge in [0.05, 0.1) is 4.90 Å². The van der Waals surface area contributed by atoms with Gasteiger partial charge in [-0.15, -0.1) is 10.2 Å². The van der Waals surface area contributed by atoms with E-state index in [2.05, 4.69) is 20.4 Å². The van der Waals surface area contributed by atoms with Crippen molar-refractivity contribution in [2.45, 2.75) is 54.9 Å². The number of carbonyl (C=O) groups excluding carboxylic acids is 1. The molecule has 1 amide bonds. The van der Waals surface area contributed by atoms with Crippen LogP contribution in [0.15, 0.2) is 46.6 Å². The molecule has 1 unspecified atom stereocenters. The minimum absolute atomic E-state index is 0.0797. The number of rotatable bonds is 4. The summed E-state index contributed by atoms with van der Waals surface area (Å²) in [5, 5.41) is 11.3. The van der Waals surface area contributed by atoms with E-state index in [0.29, 0.717) is 11.5 Å². The SMILES string of the molecule is CC(=O)Nc1ccc(Sc2cnc(N3CCC4(CCCC4N)CC3)n3cnnc23)cc1. The molecule has 3 aromatic rings. The second kappa shape index (κ2) is 8.12. The van der Waals surface area contributed by atoms with Crippen molar-refractivity contribution in [3.8, 4) is 0 Å². The Kier molecular flexibility index (Phi) is 5.31. The number of piperidine rings is 1. The molecule has 3 N–H and O–H groups in total. The highest BCUT2D eigenvalue weighted by Crippen LogP contribution is 2.46. The fourth-order valence-electron chi connectivity index (χ4n) is 4.97. The lowest BCUT2D eigenvalue weighted by Gasteiger charge is -2.42. The van der Waals surface area contributed by atoms with Crippen LogP contribution in [0.4, 0.5) is 11.6 Å². The molecule has 2 aromatic heterocycles. The smallest absolute Gasteiger partial charge is 0.221 e. The Bertz CT molecular complexity index is 1090. The Morgan fingerprint density at radius 3 is 2.68 bits per heavy atom. The van der Waals surface area contributed by atoms with Crippen molar-refractivity contribution in [2.75, 3.05) is 23.3 Å². The monoisotopic (exact) mass is 437 g/mol. The molecule has 1 aliphatic heterocycles. The van der Waals surface area contributed by atoms with Gasteiger partial charge in [0.2, 0.25) is 11.9 Å². The fourth-order valence-corrected chi connectivity index (χ4v) is 5.83. The van der Waals surface area contributed by atoms with E-state index in [1.165, 1.54) is 19.8 Å². The number of anilines is 2. The van der Waals surface area contributed by atoms with Gasteiger partial charge in [0.1, 0.15) is 6.33 Å². The number of nitrogens with zero attached hydrogens (tertiary/aromatic N) is 5. The van der Waals surface area contributed by atoms with Gasteiger partial charge in [0, 0.05) is 42.8 Å². The Morgan fingerprint density at radius 1 is 1.23 bits per heavy atom. The van der Waals surface area contributed by atoms with E-state index in [0.717, 1.165) is 59.4 Å². The topological polar surface area (TPSA) is 101 Å². The first-order valence-corrected chi connectivity index (χ1v) is 11.6. The molecule has 0 bridgehead atoms. The summed E-state index contributed by atoms with van der Waals surface area (Å²) in [5.41, 5.74) is 8.35. The van der Waals surface area contributed by atoms with Gasteiger partial charge in [-0.25, -0.2) is 9.38 Å². The maximum atomic E-state index is 11.2. The summed E-state index contributed by atoms with van der Waals surface area (Å²) in [7, 11) is 0. The first-order valence-electron chi connectivity index (χ1n) is 10.8. The van der Waals surface area contributed by atoms with Crippen LogP contribution < -0.4 is 16.0 Å². The summed E-state index contributed by atoms with van der Waals surface area (Å²) in [5.74, 6) is 0.815. The van der Waals surface area contributed by atoms with Crippen molar-refractivity contribution < 1.29 is 4.79 Å². The van der Waals surface area contributed by atoms with Gasteiger partial charge in [-0.1, -0.05) is 18.2 Å². The first-order chi connectivity index (χ1) is 15.0. The van der Waals surface area contributed by atoms with Gasteiger partial charge in [-0.3, -0.25) is 4.79 Å². The van der Waals surface area contributed by atoms with E-state index in [-0.39, 0.29) is 5.91 Å². The molecule has 1 aliphatic carbocycles. The predicted octanol–water partition coefficient (Wildman–Crippen LogP) is 3.33. The van der Waals surface area contributed by atoms with Gasteiger partial charge in [-0.2, -0.15) is 0 Å². The number of fused-ring (bicyclic) bond motifs is 1. The number of hydrogen-bond acceptors (Lipinski definition) is 7. The van der Waals surface area contributed by atoms with Crippen LogP contribution in [-0.4, -0.2) is 44.6 Å². The van der Waals surface area contributed by atoms with E-state index in [4.69, 9.17) is 10.7 Å². The Labute approximate surface area is 185 Å². The Hall–Kier alpha value is -2.65.